The average Bonchev–Trinajstić information content (AvgIpc) is 2.99. The van der Waals surface area contributed by atoms with E-state index in [1.54, 1.807) is 0 Å². The van der Waals surface area contributed by atoms with Crippen LogP contribution in [0.15, 0.2) is 42.5 Å². The lowest BCUT2D eigenvalue weighted by molar-refractivity contribution is 0.653. The highest BCUT2D eigenvalue weighted by Crippen LogP contribution is 2.20. The molecular weight excluding hydrogens is 274 g/mol. The Kier molecular flexibility index (Phi) is 3.98. The third-order valence-corrected chi connectivity index (χ3v) is 3.89. The molecule has 5 nitrogen and oxygen atoms in total. The Morgan fingerprint density at radius 3 is 2.36 bits per heavy atom. The lowest BCUT2D eigenvalue weighted by Crippen LogP contribution is -2.05. The largest absolute Gasteiger partial charge is 0.326 e. The van der Waals surface area contributed by atoms with Gasteiger partial charge in [-0.1, -0.05) is 36.4 Å². The SMILES string of the molecule is Cc1ccc(-c2nnnn2Cc2ccc(CN)cc2)cc1C. The lowest BCUT2D eigenvalue weighted by atomic mass is 10.1. The van der Waals surface area contributed by atoms with E-state index in [1.165, 1.54) is 11.1 Å². The molecule has 1 heterocycles. The van der Waals surface area contributed by atoms with Crippen LogP contribution in [0.2, 0.25) is 0 Å². The van der Waals surface area contributed by atoms with Crippen molar-refractivity contribution in [2.45, 2.75) is 26.9 Å². The van der Waals surface area contributed by atoms with Crippen LogP contribution in [-0.2, 0) is 13.1 Å². The summed E-state index contributed by atoms with van der Waals surface area (Å²) in [5, 5.41) is 12.1. The molecular formula is C17H19N5. The molecule has 0 saturated heterocycles. The van der Waals surface area contributed by atoms with E-state index < -0.39 is 0 Å². The molecule has 0 fully saturated rings. The van der Waals surface area contributed by atoms with E-state index in [9.17, 15) is 0 Å². The maximum atomic E-state index is 5.62. The molecule has 2 N–H and O–H groups in total. The van der Waals surface area contributed by atoms with Crippen LogP contribution in [0, 0.1) is 13.8 Å². The van der Waals surface area contributed by atoms with Crippen LogP contribution in [0.3, 0.4) is 0 Å². The third-order valence-electron chi connectivity index (χ3n) is 3.89. The first-order valence-corrected chi connectivity index (χ1v) is 7.29. The Morgan fingerprint density at radius 2 is 1.68 bits per heavy atom. The smallest absolute Gasteiger partial charge is 0.182 e. The highest BCUT2D eigenvalue weighted by atomic mass is 15.5. The third kappa shape index (κ3) is 2.89. The zero-order valence-corrected chi connectivity index (χ0v) is 12.8. The van der Waals surface area contributed by atoms with Gasteiger partial charge in [-0.05, 0) is 52.6 Å². The van der Waals surface area contributed by atoms with E-state index >= 15 is 0 Å². The van der Waals surface area contributed by atoms with E-state index in [0.717, 1.165) is 22.5 Å². The first-order chi connectivity index (χ1) is 10.7. The van der Waals surface area contributed by atoms with Gasteiger partial charge >= 0.3 is 0 Å². The van der Waals surface area contributed by atoms with Crippen molar-refractivity contribution in [3.8, 4) is 11.4 Å². The van der Waals surface area contributed by atoms with Gasteiger partial charge in [0.2, 0.25) is 0 Å². The monoisotopic (exact) mass is 293 g/mol. The summed E-state index contributed by atoms with van der Waals surface area (Å²) in [7, 11) is 0. The summed E-state index contributed by atoms with van der Waals surface area (Å²) >= 11 is 0. The average molecular weight is 293 g/mol. The van der Waals surface area contributed by atoms with Gasteiger partial charge in [0.05, 0.1) is 6.54 Å². The number of hydrogen-bond acceptors (Lipinski definition) is 4. The molecule has 2 aromatic carbocycles. The van der Waals surface area contributed by atoms with Gasteiger partial charge in [0, 0.05) is 12.1 Å². The van der Waals surface area contributed by atoms with Gasteiger partial charge < -0.3 is 5.73 Å². The van der Waals surface area contributed by atoms with Crippen molar-refractivity contribution >= 4 is 0 Å². The van der Waals surface area contributed by atoms with E-state index in [4.69, 9.17) is 5.73 Å². The second-order valence-corrected chi connectivity index (χ2v) is 5.48. The number of nitrogens with two attached hydrogens (primary N) is 1. The highest BCUT2D eigenvalue weighted by molar-refractivity contribution is 5.57. The van der Waals surface area contributed by atoms with E-state index in [2.05, 4.69) is 59.7 Å². The van der Waals surface area contributed by atoms with Crippen molar-refractivity contribution in [3.63, 3.8) is 0 Å². The van der Waals surface area contributed by atoms with Crippen molar-refractivity contribution in [3.05, 3.63) is 64.7 Å². The molecule has 0 spiro atoms. The van der Waals surface area contributed by atoms with E-state index in [-0.39, 0.29) is 0 Å². The van der Waals surface area contributed by atoms with E-state index in [1.807, 2.05) is 16.8 Å². The molecule has 0 saturated carbocycles. The van der Waals surface area contributed by atoms with Crippen LogP contribution in [0.5, 0.6) is 0 Å². The molecule has 1 aromatic heterocycles. The van der Waals surface area contributed by atoms with E-state index in [0.29, 0.717) is 13.1 Å². The van der Waals surface area contributed by atoms with Crippen LogP contribution >= 0.6 is 0 Å². The molecule has 0 radical (unpaired) electrons. The highest BCUT2D eigenvalue weighted by Gasteiger charge is 2.10. The Hall–Kier alpha value is -2.53. The fourth-order valence-electron chi connectivity index (χ4n) is 2.35. The fourth-order valence-corrected chi connectivity index (χ4v) is 2.35. The normalized spacial score (nSPS) is 10.9. The first-order valence-electron chi connectivity index (χ1n) is 7.29. The molecule has 0 unspecified atom stereocenters. The van der Waals surface area contributed by atoms with Gasteiger partial charge in [0.1, 0.15) is 0 Å². The van der Waals surface area contributed by atoms with Crippen LogP contribution in [0.4, 0.5) is 0 Å². The van der Waals surface area contributed by atoms with Crippen molar-refractivity contribution in [2.75, 3.05) is 0 Å². The Labute approximate surface area is 129 Å². The van der Waals surface area contributed by atoms with Crippen molar-refractivity contribution in [1.82, 2.24) is 20.2 Å². The first kappa shape index (κ1) is 14.4. The standard InChI is InChI=1S/C17H19N5/c1-12-3-8-16(9-13(12)2)17-19-20-21-22(17)11-15-6-4-14(10-18)5-7-15/h3-9H,10-11,18H2,1-2H3. The van der Waals surface area contributed by atoms with Crippen LogP contribution in [0.25, 0.3) is 11.4 Å². The van der Waals surface area contributed by atoms with Gasteiger partial charge in [0.15, 0.2) is 5.82 Å². The summed E-state index contributed by atoms with van der Waals surface area (Å²) in [4.78, 5) is 0. The van der Waals surface area contributed by atoms with Gasteiger partial charge in [-0.15, -0.1) is 5.10 Å². The summed E-state index contributed by atoms with van der Waals surface area (Å²) < 4.78 is 1.82. The summed E-state index contributed by atoms with van der Waals surface area (Å²) in [6, 6.07) is 14.5. The van der Waals surface area contributed by atoms with Gasteiger partial charge in [-0.3, -0.25) is 0 Å². The number of nitrogens with zero attached hydrogens (tertiary/aromatic N) is 4. The molecule has 0 bridgehead atoms. The Morgan fingerprint density at radius 1 is 0.955 bits per heavy atom. The maximum absolute atomic E-state index is 5.62. The predicted molar refractivity (Wildman–Crippen MR) is 86.2 cm³/mol. The molecule has 5 heteroatoms. The number of aryl methyl sites for hydroxylation is 2. The predicted octanol–water partition coefficient (Wildman–Crippen LogP) is 2.46. The Balaban J connectivity index is 1.89. The molecule has 0 amide bonds. The minimum absolute atomic E-state index is 0.555. The number of rotatable bonds is 4. The second kappa shape index (κ2) is 6.07. The number of tetrazole rings is 1. The van der Waals surface area contributed by atoms with Crippen molar-refractivity contribution in [1.29, 1.82) is 0 Å². The minimum atomic E-state index is 0.555. The molecule has 0 aliphatic rings. The van der Waals surface area contributed by atoms with Crippen LogP contribution in [-0.4, -0.2) is 20.2 Å². The fraction of sp³-hybridized carbons (Fsp3) is 0.235. The van der Waals surface area contributed by atoms with Gasteiger partial charge in [0.25, 0.3) is 0 Å². The maximum Gasteiger partial charge on any atom is 0.182 e. The number of hydrogen-bond donors (Lipinski definition) is 1. The van der Waals surface area contributed by atoms with Crippen molar-refractivity contribution < 1.29 is 0 Å². The summed E-state index contributed by atoms with van der Waals surface area (Å²) in [5.41, 5.74) is 11.4. The van der Waals surface area contributed by atoms with Gasteiger partial charge in [-0.2, -0.15) is 0 Å². The Bertz CT molecular complexity index is 774. The molecule has 22 heavy (non-hydrogen) atoms. The molecule has 112 valence electrons. The number of benzene rings is 2. The lowest BCUT2D eigenvalue weighted by Gasteiger charge is -2.07. The van der Waals surface area contributed by atoms with Gasteiger partial charge in [-0.25, -0.2) is 4.68 Å². The molecule has 3 rings (SSSR count). The topological polar surface area (TPSA) is 69.6 Å². The molecule has 3 aromatic rings. The quantitative estimate of drug-likeness (QED) is 0.802. The summed E-state index contributed by atoms with van der Waals surface area (Å²) in [5.74, 6) is 0.783. The molecule has 0 atom stereocenters. The van der Waals surface area contributed by atoms with Crippen molar-refractivity contribution in [2.24, 2.45) is 5.73 Å². The summed E-state index contributed by atoms with van der Waals surface area (Å²) in [6.07, 6.45) is 0. The second-order valence-electron chi connectivity index (χ2n) is 5.48. The zero-order chi connectivity index (χ0) is 15.5. The molecule has 0 aliphatic carbocycles. The van der Waals surface area contributed by atoms with Crippen LogP contribution in [0.1, 0.15) is 22.3 Å². The minimum Gasteiger partial charge on any atom is -0.326 e. The summed E-state index contributed by atoms with van der Waals surface area (Å²) in [6.45, 7) is 5.39. The number of aromatic nitrogens is 4. The zero-order valence-electron chi connectivity index (χ0n) is 12.8. The van der Waals surface area contributed by atoms with Crippen LogP contribution < -0.4 is 5.73 Å². The molecule has 0 aliphatic heterocycles.